The number of piperidine rings is 1. The highest BCUT2D eigenvalue weighted by Gasteiger charge is 2.31. The van der Waals surface area contributed by atoms with E-state index in [0.29, 0.717) is 43.1 Å². The lowest BCUT2D eigenvalue weighted by Gasteiger charge is -2.31. The quantitative estimate of drug-likeness (QED) is 0.678. The maximum absolute atomic E-state index is 12.5. The second-order valence-corrected chi connectivity index (χ2v) is 7.26. The maximum Gasteiger partial charge on any atom is 0.309 e. The molecule has 2 amide bonds. The van der Waals surface area contributed by atoms with Crippen LogP contribution in [-0.2, 0) is 14.3 Å². The monoisotopic (exact) mass is 405 g/mol. The minimum Gasteiger partial charge on any atom is -0.452 e. The van der Waals surface area contributed by atoms with Crippen LogP contribution in [-0.4, -0.2) is 60.4 Å². The molecule has 0 aromatic heterocycles. The number of carbonyl (C=O) groups is 3. The van der Waals surface area contributed by atoms with Crippen molar-refractivity contribution < 1.29 is 19.1 Å². The predicted octanol–water partition coefficient (Wildman–Crippen LogP) is 2.50. The van der Waals surface area contributed by atoms with Gasteiger partial charge in [0.25, 0.3) is 11.8 Å². The van der Waals surface area contributed by atoms with Crippen LogP contribution in [0.3, 0.4) is 0 Å². The molecular formula is C20H24ClN3O4. The SMILES string of the molecule is C[C@@H](OC(=O)C1CCN(C(=O)c2ccc(Cl)cc2)CC1)C(=O)N(C)CCC#N. The average Bonchev–Trinajstić information content (AvgIpc) is 2.71. The Balaban J connectivity index is 1.83. The van der Waals surface area contributed by atoms with Gasteiger partial charge >= 0.3 is 5.97 Å². The van der Waals surface area contributed by atoms with Crippen molar-refractivity contribution in [2.45, 2.75) is 32.3 Å². The van der Waals surface area contributed by atoms with Crippen LogP contribution >= 0.6 is 11.6 Å². The molecule has 1 atom stereocenters. The summed E-state index contributed by atoms with van der Waals surface area (Å²) in [4.78, 5) is 40.1. The van der Waals surface area contributed by atoms with Crippen molar-refractivity contribution in [3.63, 3.8) is 0 Å². The zero-order chi connectivity index (χ0) is 20.7. The fraction of sp³-hybridized carbons (Fsp3) is 0.500. The van der Waals surface area contributed by atoms with Crippen LogP contribution < -0.4 is 0 Å². The molecule has 1 aromatic carbocycles. The van der Waals surface area contributed by atoms with Gasteiger partial charge in [-0.15, -0.1) is 0 Å². The van der Waals surface area contributed by atoms with Gasteiger partial charge in [0.05, 0.1) is 18.4 Å². The van der Waals surface area contributed by atoms with Gasteiger partial charge in [0, 0.05) is 37.3 Å². The highest BCUT2D eigenvalue weighted by atomic mass is 35.5. The molecule has 0 unspecified atom stereocenters. The lowest BCUT2D eigenvalue weighted by molar-refractivity contribution is -0.163. The molecular weight excluding hydrogens is 382 g/mol. The Morgan fingerprint density at radius 1 is 1.29 bits per heavy atom. The number of amides is 2. The number of halogens is 1. The number of hydrogen-bond donors (Lipinski definition) is 0. The fourth-order valence-corrected chi connectivity index (χ4v) is 3.18. The molecule has 0 radical (unpaired) electrons. The molecule has 1 aliphatic rings. The van der Waals surface area contributed by atoms with Crippen molar-refractivity contribution in [3.05, 3.63) is 34.9 Å². The average molecular weight is 406 g/mol. The molecule has 150 valence electrons. The smallest absolute Gasteiger partial charge is 0.309 e. The molecule has 1 aromatic rings. The first-order valence-electron chi connectivity index (χ1n) is 9.20. The lowest BCUT2D eigenvalue weighted by Crippen LogP contribution is -2.43. The van der Waals surface area contributed by atoms with Gasteiger partial charge in [-0.25, -0.2) is 0 Å². The van der Waals surface area contributed by atoms with Crippen molar-refractivity contribution in [3.8, 4) is 6.07 Å². The van der Waals surface area contributed by atoms with E-state index >= 15 is 0 Å². The number of rotatable bonds is 6. The van der Waals surface area contributed by atoms with Crippen LogP contribution in [0.2, 0.25) is 5.02 Å². The van der Waals surface area contributed by atoms with Gasteiger partial charge in [-0.05, 0) is 44.0 Å². The Morgan fingerprint density at radius 3 is 2.46 bits per heavy atom. The summed E-state index contributed by atoms with van der Waals surface area (Å²) < 4.78 is 5.32. The van der Waals surface area contributed by atoms with Crippen LogP contribution in [0, 0.1) is 17.2 Å². The molecule has 28 heavy (non-hydrogen) atoms. The van der Waals surface area contributed by atoms with E-state index < -0.39 is 12.1 Å². The highest BCUT2D eigenvalue weighted by Crippen LogP contribution is 2.21. The third-order valence-electron chi connectivity index (χ3n) is 4.78. The molecule has 7 nitrogen and oxygen atoms in total. The molecule has 2 rings (SSSR count). The molecule has 1 fully saturated rings. The molecule has 0 bridgehead atoms. The number of likely N-dealkylation sites (N-methyl/N-ethyl adjacent to an activating group) is 1. The largest absolute Gasteiger partial charge is 0.452 e. The van der Waals surface area contributed by atoms with E-state index in [0.717, 1.165) is 0 Å². The van der Waals surface area contributed by atoms with E-state index in [9.17, 15) is 14.4 Å². The molecule has 0 saturated carbocycles. The number of hydrogen-bond acceptors (Lipinski definition) is 5. The second kappa shape index (κ2) is 10.1. The van der Waals surface area contributed by atoms with Crippen molar-refractivity contribution in [2.24, 2.45) is 5.92 Å². The number of likely N-dealkylation sites (tertiary alicyclic amines) is 1. The van der Waals surface area contributed by atoms with Crippen molar-refractivity contribution >= 4 is 29.4 Å². The Labute approximate surface area is 169 Å². The molecule has 1 saturated heterocycles. The van der Waals surface area contributed by atoms with Crippen molar-refractivity contribution in [1.29, 1.82) is 5.26 Å². The van der Waals surface area contributed by atoms with Gasteiger partial charge in [-0.3, -0.25) is 14.4 Å². The number of benzene rings is 1. The summed E-state index contributed by atoms with van der Waals surface area (Å²) in [5, 5.41) is 9.16. The minimum atomic E-state index is -0.898. The Kier molecular flexibility index (Phi) is 7.82. The fourth-order valence-electron chi connectivity index (χ4n) is 3.05. The topological polar surface area (TPSA) is 90.7 Å². The number of esters is 1. The van der Waals surface area contributed by atoms with Crippen LogP contribution in [0.1, 0.15) is 36.5 Å². The standard InChI is InChI=1S/C20H24ClN3O4/c1-14(18(25)23(2)11-3-10-22)28-20(27)16-8-12-24(13-9-16)19(26)15-4-6-17(21)7-5-15/h4-7,14,16H,3,8-9,11-13H2,1-2H3/t14-/m1/s1. The first-order chi connectivity index (χ1) is 13.3. The highest BCUT2D eigenvalue weighted by molar-refractivity contribution is 6.30. The van der Waals surface area contributed by atoms with Gasteiger partial charge in [0.2, 0.25) is 0 Å². The third kappa shape index (κ3) is 5.70. The van der Waals surface area contributed by atoms with Gasteiger partial charge in [0.1, 0.15) is 0 Å². The summed E-state index contributed by atoms with van der Waals surface area (Å²) in [7, 11) is 1.57. The Bertz CT molecular complexity index is 752. The van der Waals surface area contributed by atoms with Gasteiger partial charge < -0.3 is 14.5 Å². The summed E-state index contributed by atoms with van der Waals surface area (Å²) in [5.74, 6) is -1.19. The number of nitriles is 1. The van der Waals surface area contributed by atoms with E-state index in [2.05, 4.69) is 0 Å². The van der Waals surface area contributed by atoms with E-state index in [1.165, 1.54) is 11.8 Å². The molecule has 0 spiro atoms. The summed E-state index contributed by atoms with van der Waals surface area (Å²) in [6, 6.07) is 8.68. The zero-order valence-corrected chi connectivity index (χ0v) is 16.8. The van der Waals surface area contributed by atoms with Crippen LogP contribution in [0.5, 0.6) is 0 Å². The van der Waals surface area contributed by atoms with Gasteiger partial charge in [0.15, 0.2) is 6.10 Å². The van der Waals surface area contributed by atoms with Crippen molar-refractivity contribution in [2.75, 3.05) is 26.7 Å². The zero-order valence-electron chi connectivity index (χ0n) is 16.1. The third-order valence-corrected chi connectivity index (χ3v) is 5.03. The van der Waals surface area contributed by atoms with E-state index in [4.69, 9.17) is 21.6 Å². The molecule has 0 N–H and O–H groups in total. The lowest BCUT2D eigenvalue weighted by atomic mass is 9.96. The first-order valence-corrected chi connectivity index (χ1v) is 9.58. The Morgan fingerprint density at radius 2 is 1.89 bits per heavy atom. The number of nitrogens with zero attached hydrogens (tertiary/aromatic N) is 3. The van der Waals surface area contributed by atoms with Crippen LogP contribution in [0.25, 0.3) is 0 Å². The summed E-state index contributed by atoms with van der Waals surface area (Å²) >= 11 is 5.85. The molecule has 0 aliphatic carbocycles. The first kappa shape index (κ1) is 21.7. The second-order valence-electron chi connectivity index (χ2n) is 6.82. The number of carbonyl (C=O) groups excluding carboxylic acids is 3. The molecule has 1 heterocycles. The number of ether oxygens (including phenoxy) is 1. The normalized spacial score (nSPS) is 15.4. The van der Waals surface area contributed by atoms with E-state index in [-0.39, 0.29) is 24.2 Å². The van der Waals surface area contributed by atoms with Crippen LogP contribution in [0.4, 0.5) is 0 Å². The summed E-state index contributed by atoms with van der Waals surface area (Å²) in [5.41, 5.74) is 0.560. The summed E-state index contributed by atoms with van der Waals surface area (Å²) in [6.45, 7) is 2.72. The van der Waals surface area contributed by atoms with E-state index in [1.807, 2.05) is 6.07 Å². The van der Waals surface area contributed by atoms with Gasteiger partial charge in [-0.2, -0.15) is 5.26 Å². The summed E-state index contributed by atoms with van der Waals surface area (Å²) in [6.07, 6.45) is 0.306. The van der Waals surface area contributed by atoms with Gasteiger partial charge in [-0.1, -0.05) is 11.6 Å². The van der Waals surface area contributed by atoms with Crippen LogP contribution in [0.15, 0.2) is 24.3 Å². The Hall–Kier alpha value is -2.59. The predicted molar refractivity (Wildman–Crippen MR) is 104 cm³/mol. The maximum atomic E-state index is 12.5. The van der Waals surface area contributed by atoms with E-state index in [1.54, 1.807) is 36.2 Å². The molecule has 1 aliphatic heterocycles. The van der Waals surface area contributed by atoms with Crippen molar-refractivity contribution in [1.82, 2.24) is 9.80 Å². The molecule has 8 heteroatoms. The minimum absolute atomic E-state index is 0.0915.